The Kier molecular flexibility index (Phi) is 9.93. The van der Waals surface area contributed by atoms with E-state index in [2.05, 4.69) is 31.8 Å². The van der Waals surface area contributed by atoms with Crippen LogP contribution >= 0.6 is 0 Å². The Hall–Kier alpha value is -0.417. The molecule has 0 spiro atoms. The average Bonchev–Trinajstić information content (AvgIpc) is 2.83. The maximum absolute atomic E-state index is 6.06. The molecule has 3 nitrogen and oxygen atoms in total. The quantitative estimate of drug-likeness (QED) is 0.396. The van der Waals surface area contributed by atoms with E-state index < -0.39 is 14.7 Å². The zero-order valence-electron chi connectivity index (χ0n) is 13.3. The summed E-state index contributed by atoms with van der Waals surface area (Å²) in [6, 6.07) is 0. The van der Waals surface area contributed by atoms with Crippen LogP contribution < -0.4 is 0 Å². The summed E-state index contributed by atoms with van der Waals surface area (Å²) in [6.45, 7) is 8.96. The predicted molar refractivity (Wildman–Crippen MR) is 85.9 cm³/mol. The van der Waals surface area contributed by atoms with Gasteiger partial charge in [0, 0.05) is 0 Å². The van der Waals surface area contributed by atoms with Gasteiger partial charge in [0.15, 0.2) is 0 Å². The summed E-state index contributed by atoms with van der Waals surface area (Å²) in [4.78, 5) is 2.23. The molecule has 1 rings (SSSR count). The first-order valence-electron chi connectivity index (χ1n) is 8.13. The van der Waals surface area contributed by atoms with E-state index in [4.69, 9.17) is 13.2 Å². The normalized spacial score (nSPS) is 17.9. The van der Waals surface area contributed by atoms with Crippen molar-refractivity contribution in [3.63, 3.8) is 0 Å². The van der Waals surface area contributed by atoms with E-state index in [1.807, 2.05) is 0 Å². The minimum absolute atomic E-state index is 0.779. The predicted octanol–water partition coefficient (Wildman–Crippen LogP) is 4.02. The van der Waals surface area contributed by atoms with Crippen LogP contribution in [0.15, 0.2) is 21.3 Å². The van der Waals surface area contributed by atoms with Crippen LogP contribution in [0.2, 0.25) is 0 Å². The van der Waals surface area contributed by atoms with Crippen molar-refractivity contribution < 1.29 is 13.2 Å². The van der Waals surface area contributed by atoms with E-state index >= 15 is 0 Å². The van der Waals surface area contributed by atoms with Gasteiger partial charge in [-0.25, -0.2) is 0 Å². The molecule has 116 valence electrons. The zero-order chi connectivity index (χ0) is 14.6. The van der Waals surface area contributed by atoms with Crippen molar-refractivity contribution in [2.75, 3.05) is 19.8 Å². The topological polar surface area (TPSA) is 27.7 Å². The SMILES string of the molecule is CCCCOC1=[C](OCCCC)[GeH]([O]CCCC)[CH]=C1. The van der Waals surface area contributed by atoms with Crippen LogP contribution in [0, 0.1) is 0 Å². The second kappa shape index (κ2) is 11.3. The molecule has 0 N–H and O–H groups in total. The fourth-order valence-electron chi connectivity index (χ4n) is 1.90. The number of hydrogen-bond acceptors (Lipinski definition) is 3. The number of unbranched alkanes of at least 4 members (excludes halogenated alkanes) is 3. The standard InChI is InChI=1S/C16H30GeO3/c1-4-7-12-18-15-10-11-17(20-14-9-6-3)16(15)19-13-8-5-2/h10-11,17H,4-9,12-14H2,1-3H3. The molecule has 0 saturated heterocycles. The Bertz CT molecular complexity index is 313. The summed E-state index contributed by atoms with van der Waals surface area (Å²) in [5.41, 5.74) is 0. The summed E-state index contributed by atoms with van der Waals surface area (Å²) in [5.74, 6) is 0.941. The van der Waals surface area contributed by atoms with Gasteiger partial charge < -0.3 is 0 Å². The molecular formula is C16H30GeO3. The Morgan fingerprint density at radius 2 is 1.45 bits per heavy atom. The third-order valence-corrected chi connectivity index (χ3v) is 7.65. The van der Waals surface area contributed by atoms with Crippen LogP contribution in [0.3, 0.4) is 0 Å². The number of rotatable bonds is 12. The van der Waals surface area contributed by atoms with Gasteiger partial charge in [-0.2, -0.15) is 0 Å². The minimum atomic E-state index is -2.04. The molecule has 0 radical (unpaired) electrons. The molecule has 0 aliphatic carbocycles. The molecule has 1 heterocycles. The molecule has 20 heavy (non-hydrogen) atoms. The first-order valence-corrected chi connectivity index (χ1v) is 11.7. The van der Waals surface area contributed by atoms with E-state index in [9.17, 15) is 0 Å². The third-order valence-electron chi connectivity index (χ3n) is 3.23. The van der Waals surface area contributed by atoms with Crippen LogP contribution in [-0.2, 0) is 13.2 Å². The molecule has 1 aliphatic rings. The molecule has 1 aliphatic heterocycles. The van der Waals surface area contributed by atoms with E-state index in [-0.39, 0.29) is 0 Å². The summed E-state index contributed by atoms with van der Waals surface area (Å²) < 4.78 is 19.0. The van der Waals surface area contributed by atoms with Crippen molar-refractivity contribution in [3.05, 3.63) is 21.3 Å². The first-order chi connectivity index (χ1) is 9.83. The van der Waals surface area contributed by atoms with Gasteiger partial charge in [-0.05, 0) is 0 Å². The molecule has 0 amide bonds. The van der Waals surface area contributed by atoms with Crippen LogP contribution in [0.4, 0.5) is 0 Å². The Morgan fingerprint density at radius 1 is 0.850 bits per heavy atom. The molecule has 4 heteroatoms. The summed E-state index contributed by atoms with van der Waals surface area (Å²) in [6.07, 6.45) is 8.87. The van der Waals surface area contributed by atoms with Crippen molar-refractivity contribution in [1.29, 1.82) is 0 Å². The summed E-state index contributed by atoms with van der Waals surface area (Å²) in [7, 11) is 0. The molecule has 0 aromatic carbocycles. The molecule has 1 atom stereocenters. The molecule has 0 bridgehead atoms. The molecule has 0 aromatic heterocycles. The van der Waals surface area contributed by atoms with Gasteiger partial charge >= 0.3 is 128 Å². The molecule has 1 unspecified atom stereocenters. The van der Waals surface area contributed by atoms with Crippen LogP contribution in [-0.4, -0.2) is 34.5 Å². The number of hydrogen-bond donors (Lipinski definition) is 0. The fourth-order valence-corrected chi connectivity index (χ4v) is 5.99. The van der Waals surface area contributed by atoms with Crippen molar-refractivity contribution >= 4 is 14.7 Å². The second-order valence-electron chi connectivity index (χ2n) is 5.14. The summed E-state index contributed by atoms with van der Waals surface area (Å²) >= 11 is -2.04. The van der Waals surface area contributed by atoms with Crippen molar-refractivity contribution in [2.45, 2.75) is 59.3 Å². The van der Waals surface area contributed by atoms with E-state index in [0.29, 0.717) is 0 Å². The Labute approximate surface area is 128 Å². The van der Waals surface area contributed by atoms with Gasteiger partial charge in [0.25, 0.3) is 0 Å². The molecule has 0 aromatic rings. The third kappa shape index (κ3) is 6.36. The number of allylic oxidation sites excluding steroid dienone is 1. The Morgan fingerprint density at radius 3 is 2.10 bits per heavy atom. The van der Waals surface area contributed by atoms with Gasteiger partial charge in [0.2, 0.25) is 0 Å². The van der Waals surface area contributed by atoms with Crippen LogP contribution in [0.5, 0.6) is 0 Å². The monoisotopic (exact) mass is 344 g/mol. The summed E-state index contributed by atoms with van der Waals surface area (Å²) in [5, 5.41) is 0. The van der Waals surface area contributed by atoms with E-state index in [1.165, 1.54) is 6.42 Å². The van der Waals surface area contributed by atoms with Crippen LogP contribution in [0.25, 0.3) is 0 Å². The zero-order valence-corrected chi connectivity index (χ0v) is 15.7. The van der Waals surface area contributed by atoms with Crippen molar-refractivity contribution in [1.82, 2.24) is 0 Å². The van der Waals surface area contributed by atoms with Gasteiger partial charge in [0.05, 0.1) is 0 Å². The van der Waals surface area contributed by atoms with Gasteiger partial charge in [-0.15, -0.1) is 0 Å². The van der Waals surface area contributed by atoms with Crippen molar-refractivity contribution in [3.8, 4) is 0 Å². The van der Waals surface area contributed by atoms with Crippen LogP contribution in [0.1, 0.15) is 59.3 Å². The molecule has 0 saturated carbocycles. The van der Waals surface area contributed by atoms with E-state index in [0.717, 1.165) is 62.3 Å². The van der Waals surface area contributed by atoms with Crippen molar-refractivity contribution in [2.24, 2.45) is 0 Å². The van der Waals surface area contributed by atoms with E-state index in [1.54, 1.807) is 0 Å². The average molecular weight is 343 g/mol. The Balaban J connectivity index is 2.52. The first kappa shape index (κ1) is 17.6. The molecule has 0 fully saturated rings. The fraction of sp³-hybridized carbons (Fsp3) is 0.750. The second-order valence-corrected chi connectivity index (χ2v) is 9.51. The van der Waals surface area contributed by atoms with Gasteiger partial charge in [-0.1, -0.05) is 0 Å². The maximum atomic E-state index is 6.06. The number of ether oxygens (including phenoxy) is 2. The molecular weight excluding hydrogens is 313 g/mol. The van der Waals surface area contributed by atoms with Gasteiger partial charge in [0.1, 0.15) is 0 Å². The van der Waals surface area contributed by atoms with Gasteiger partial charge in [-0.3, -0.25) is 0 Å².